The Morgan fingerprint density at radius 3 is 2.70 bits per heavy atom. The Hall–Kier alpha value is -3.48. The van der Waals surface area contributed by atoms with Crippen LogP contribution in [-0.2, 0) is 11.3 Å². The Kier molecular flexibility index (Phi) is 5.88. The second-order valence-electron chi connectivity index (χ2n) is 7.61. The number of carbonyl (C=O) groups excluding carboxylic acids is 2. The molecular weight excluding hydrogens is 380 g/mol. The number of hydrogen-bond acceptors (Lipinski definition) is 5. The molecule has 7 nitrogen and oxygen atoms in total. The fourth-order valence-corrected chi connectivity index (χ4v) is 3.60. The third-order valence-electron chi connectivity index (χ3n) is 5.36. The summed E-state index contributed by atoms with van der Waals surface area (Å²) in [7, 11) is 0. The lowest BCUT2D eigenvalue weighted by atomic mass is 9.96. The molecule has 0 bridgehead atoms. The number of benzene rings is 1. The first-order valence-corrected chi connectivity index (χ1v) is 10.1. The number of carbonyl (C=O) groups is 2. The number of nitrogens with zero attached hydrogens (tertiary/aromatic N) is 3. The number of aromatic nitrogens is 2. The molecule has 2 aromatic heterocycles. The molecule has 4 rings (SSSR count). The topological polar surface area (TPSA) is 88.3 Å². The standard InChI is InChI=1S/C23H24N4O3/c1-16-4-6-18(7-5-16)21-13-20(26-30-21)23(29)27-12-2-3-19(15-27)22(28)25-14-17-8-10-24-11-9-17/h4-11,13,19H,2-3,12,14-15H2,1H3,(H,25,28). The normalized spacial score (nSPS) is 16.3. The number of rotatable bonds is 5. The van der Waals surface area contributed by atoms with Gasteiger partial charge in [0.2, 0.25) is 5.91 Å². The molecule has 3 aromatic rings. The quantitative estimate of drug-likeness (QED) is 0.705. The molecule has 1 atom stereocenters. The van der Waals surface area contributed by atoms with E-state index < -0.39 is 0 Å². The Morgan fingerprint density at radius 2 is 1.93 bits per heavy atom. The molecule has 154 valence electrons. The minimum absolute atomic E-state index is 0.0372. The smallest absolute Gasteiger partial charge is 0.276 e. The fourth-order valence-electron chi connectivity index (χ4n) is 3.60. The maximum Gasteiger partial charge on any atom is 0.276 e. The summed E-state index contributed by atoms with van der Waals surface area (Å²) >= 11 is 0. The van der Waals surface area contributed by atoms with Gasteiger partial charge < -0.3 is 14.7 Å². The summed E-state index contributed by atoms with van der Waals surface area (Å²) in [6.07, 6.45) is 4.94. The van der Waals surface area contributed by atoms with E-state index in [0.717, 1.165) is 29.5 Å². The molecule has 0 saturated carbocycles. The molecule has 1 aliphatic rings. The van der Waals surface area contributed by atoms with Crippen LogP contribution in [0.4, 0.5) is 0 Å². The Balaban J connectivity index is 1.37. The van der Waals surface area contributed by atoms with Crippen LogP contribution in [0.1, 0.15) is 34.5 Å². The number of pyridine rings is 1. The van der Waals surface area contributed by atoms with Gasteiger partial charge in [-0.25, -0.2) is 0 Å². The van der Waals surface area contributed by atoms with Gasteiger partial charge in [-0.2, -0.15) is 0 Å². The van der Waals surface area contributed by atoms with Crippen molar-refractivity contribution in [2.75, 3.05) is 13.1 Å². The Labute approximate surface area is 175 Å². The van der Waals surface area contributed by atoms with E-state index in [9.17, 15) is 9.59 Å². The highest BCUT2D eigenvalue weighted by atomic mass is 16.5. The van der Waals surface area contributed by atoms with Gasteiger partial charge in [0.05, 0.1) is 5.92 Å². The minimum atomic E-state index is -0.229. The summed E-state index contributed by atoms with van der Waals surface area (Å²) < 4.78 is 5.38. The first-order chi connectivity index (χ1) is 14.6. The van der Waals surface area contributed by atoms with Gasteiger partial charge in [0.15, 0.2) is 11.5 Å². The zero-order chi connectivity index (χ0) is 20.9. The van der Waals surface area contributed by atoms with Crippen molar-refractivity contribution in [3.63, 3.8) is 0 Å². The molecule has 1 N–H and O–H groups in total. The minimum Gasteiger partial charge on any atom is -0.355 e. The molecule has 1 fully saturated rings. The van der Waals surface area contributed by atoms with Crippen LogP contribution in [0, 0.1) is 12.8 Å². The van der Waals surface area contributed by atoms with Crippen molar-refractivity contribution in [2.24, 2.45) is 5.92 Å². The van der Waals surface area contributed by atoms with Crippen molar-refractivity contribution in [1.82, 2.24) is 20.4 Å². The van der Waals surface area contributed by atoms with Crippen LogP contribution in [0.2, 0.25) is 0 Å². The monoisotopic (exact) mass is 404 g/mol. The molecule has 1 saturated heterocycles. The zero-order valence-corrected chi connectivity index (χ0v) is 16.9. The highest BCUT2D eigenvalue weighted by Gasteiger charge is 2.30. The van der Waals surface area contributed by atoms with Gasteiger partial charge in [-0.3, -0.25) is 14.6 Å². The molecule has 1 aliphatic heterocycles. The number of amides is 2. The summed E-state index contributed by atoms with van der Waals surface area (Å²) in [4.78, 5) is 31.2. The predicted octanol–water partition coefficient (Wildman–Crippen LogP) is 3.21. The first kappa shape index (κ1) is 19.8. The second kappa shape index (κ2) is 8.90. The average molecular weight is 404 g/mol. The average Bonchev–Trinajstić information content (AvgIpc) is 3.28. The van der Waals surface area contributed by atoms with Gasteiger partial charge in [-0.1, -0.05) is 35.0 Å². The van der Waals surface area contributed by atoms with Gasteiger partial charge >= 0.3 is 0 Å². The summed E-state index contributed by atoms with van der Waals surface area (Å²) in [5.41, 5.74) is 3.28. The van der Waals surface area contributed by atoms with Crippen LogP contribution in [0.3, 0.4) is 0 Å². The van der Waals surface area contributed by atoms with Crippen LogP contribution in [-0.4, -0.2) is 39.9 Å². The number of nitrogens with one attached hydrogen (secondary N) is 1. The van der Waals surface area contributed by atoms with E-state index >= 15 is 0 Å². The molecule has 0 radical (unpaired) electrons. The van der Waals surface area contributed by atoms with Gasteiger partial charge in [0.1, 0.15) is 0 Å². The number of hydrogen-bond donors (Lipinski definition) is 1. The van der Waals surface area contributed by atoms with E-state index in [1.807, 2.05) is 43.3 Å². The number of likely N-dealkylation sites (tertiary alicyclic amines) is 1. The lowest BCUT2D eigenvalue weighted by Crippen LogP contribution is -2.45. The molecular formula is C23H24N4O3. The maximum absolute atomic E-state index is 12.9. The largest absolute Gasteiger partial charge is 0.355 e. The molecule has 0 aliphatic carbocycles. The van der Waals surface area contributed by atoms with E-state index in [4.69, 9.17) is 4.52 Å². The van der Waals surface area contributed by atoms with E-state index in [1.54, 1.807) is 23.4 Å². The summed E-state index contributed by atoms with van der Waals surface area (Å²) in [5, 5.41) is 6.92. The van der Waals surface area contributed by atoms with Gasteiger partial charge in [0.25, 0.3) is 5.91 Å². The molecule has 1 unspecified atom stereocenters. The van der Waals surface area contributed by atoms with Gasteiger partial charge in [0, 0.05) is 43.7 Å². The lowest BCUT2D eigenvalue weighted by molar-refractivity contribution is -0.126. The van der Waals surface area contributed by atoms with Gasteiger partial charge in [-0.15, -0.1) is 0 Å². The molecule has 1 aromatic carbocycles. The van der Waals surface area contributed by atoms with Gasteiger partial charge in [-0.05, 0) is 37.5 Å². The molecule has 30 heavy (non-hydrogen) atoms. The third-order valence-corrected chi connectivity index (χ3v) is 5.36. The highest BCUT2D eigenvalue weighted by Crippen LogP contribution is 2.23. The third kappa shape index (κ3) is 4.56. The van der Waals surface area contributed by atoms with Crippen molar-refractivity contribution in [3.05, 3.63) is 71.7 Å². The van der Waals surface area contributed by atoms with E-state index in [-0.39, 0.29) is 23.4 Å². The second-order valence-corrected chi connectivity index (χ2v) is 7.61. The van der Waals surface area contributed by atoms with Crippen LogP contribution in [0.15, 0.2) is 59.4 Å². The molecule has 3 heterocycles. The first-order valence-electron chi connectivity index (χ1n) is 10.1. The Bertz CT molecular complexity index is 1010. The van der Waals surface area contributed by atoms with Crippen molar-refractivity contribution < 1.29 is 14.1 Å². The molecule has 7 heteroatoms. The van der Waals surface area contributed by atoms with Crippen LogP contribution < -0.4 is 5.32 Å². The van der Waals surface area contributed by atoms with E-state index in [1.165, 1.54) is 0 Å². The van der Waals surface area contributed by atoms with Crippen molar-refractivity contribution in [1.29, 1.82) is 0 Å². The van der Waals surface area contributed by atoms with Crippen molar-refractivity contribution in [3.8, 4) is 11.3 Å². The molecule has 2 amide bonds. The summed E-state index contributed by atoms with van der Waals surface area (Å²) in [6, 6.07) is 13.3. The number of aryl methyl sites for hydroxylation is 1. The maximum atomic E-state index is 12.9. The lowest BCUT2D eigenvalue weighted by Gasteiger charge is -2.31. The highest BCUT2D eigenvalue weighted by molar-refractivity contribution is 5.93. The molecule has 0 spiro atoms. The summed E-state index contributed by atoms with van der Waals surface area (Å²) in [6.45, 7) is 3.46. The zero-order valence-electron chi connectivity index (χ0n) is 16.9. The van der Waals surface area contributed by atoms with Crippen LogP contribution in [0.5, 0.6) is 0 Å². The van der Waals surface area contributed by atoms with Crippen LogP contribution in [0.25, 0.3) is 11.3 Å². The van der Waals surface area contributed by atoms with Crippen molar-refractivity contribution in [2.45, 2.75) is 26.3 Å². The van der Waals surface area contributed by atoms with Crippen molar-refractivity contribution >= 4 is 11.8 Å². The van der Waals surface area contributed by atoms with E-state index in [2.05, 4.69) is 15.5 Å². The number of piperidine rings is 1. The predicted molar refractivity (Wildman–Crippen MR) is 111 cm³/mol. The van der Waals surface area contributed by atoms with Crippen LogP contribution >= 0.6 is 0 Å². The SMILES string of the molecule is Cc1ccc(-c2cc(C(=O)N3CCCC(C(=O)NCc4ccncc4)C3)no2)cc1. The summed E-state index contributed by atoms with van der Waals surface area (Å²) in [5.74, 6) is 0.0866. The fraction of sp³-hybridized carbons (Fsp3) is 0.304. The Morgan fingerprint density at radius 1 is 1.17 bits per heavy atom. The van der Waals surface area contributed by atoms with E-state index in [0.29, 0.717) is 25.4 Å².